The lowest BCUT2D eigenvalue weighted by Gasteiger charge is -2.39. The van der Waals surface area contributed by atoms with E-state index in [9.17, 15) is 34.8 Å². The summed E-state index contributed by atoms with van der Waals surface area (Å²) < 4.78 is 30.3. The number of hydrogen-bond acceptors (Lipinski definition) is 13. The van der Waals surface area contributed by atoms with Crippen LogP contribution in [0.4, 0.5) is 0 Å². The summed E-state index contributed by atoms with van der Waals surface area (Å²) >= 11 is 0. The van der Waals surface area contributed by atoms with Crippen LogP contribution in [0.1, 0.15) is 63.9 Å². The van der Waals surface area contributed by atoms with Crippen LogP contribution in [-0.4, -0.2) is 124 Å². The highest BCUT2D eigenvalue weighted by Gasteiger charge is 2.64. The van der Waals surface area contributed by atoms with Crippen molar-refractivity contribution >= 4 is 23.9 Å². The number of aliphatic hydroxyl groups is 5. The summed E-state index contributed by atoms with van der Waals surface area (Å²) in [5, 5.41) is 54.0. The van der Waals surface area contributed by atoms with Crippen molar-refractivity contribution in [1.82, 2.24) is 10.6 Å². The fourth-order valence-corrected chi connectivity index (χ4v) is 7.44. The molecule has 0 aromatic heterocycles. The van der Waals surface area contributed by atoms with Crippen molar-refractivity contribution in [3.63, 3.8) is 0 Å². The van der Waals surface area contributed by atoms with Gasteiger partial charge in [0.25, 0.3) is 5.91 Å². The fraction of sp³-hybridized carbons (Fsp3) is 0.525. The van der Waals surface area contributed by atoms with Crippen LogP contribution < -0.4 is 10.6 Å². The second kappa shape index (κ2) is 17.0. The molecule has 55 heavy (non-hydrogen) atoms. The predicted octanol–water partition coefficient (Wildman–Crippen LogP) is 0.711. The zero-order valence-corrected chi connectivity index (χ0v) is 30.2. The number of aliphatic hydroxyl groups excluding tert-OH is 5. The van der Waals surface area contributed by atoms with Crippen LogP contribution in [0.5, 0.6) is 0 Å². The van der Waals surface area contributed by atoms with E-state index in [4.69, 9.17) is 28.8 Å². The Bertz CT molecular complexity index is 1740. The van der Waals surface area contributed by atoms with E-state index in [1.165, 1.54) is 0 Å². The number of rotatable bonds is 15. The first-order valence-electron chi connectivity index (χ1n) is 18.8. The molecule has 2 saturated heterocycles. The van der Waals surface area contributed by atoms with Gasteiger partial charge in [0, 0.05) is 42.5 Å². The third-order valence-corrected chi connectivity index (χ3v) is 10.7. The molecular weight excluding hydrogens is 716 g/mol. The Morgan fingerprint density at radius 2 is 1.62 bits per heavy atom. The first-order valence-corrected chi connectivity index (χ1v) is 18.8. The lowest BCUT2D eigenvalue weighted by molar-refractivity contribution is -0.298. The first kappa shape index (κ1) is 39.2. The molecule has 2 aliphatic heterocycles. The van der Waals surface area contributed by atoms with Gasteiger partial charge in [0.05, 0.1) is 25.4 Å². The Labute approximate surface area is 317 Å². The summed E-state index contributed by atoms with van der Waals surface area (Å²) in [6, 6.07) is 13.5. The monoisotopic (exact) mass is 764 g/mol. The van der Waals surface area contributed by atoms with Crippen LogP contribution in [0.2, 0.25) is 0 Å². The minimum Gasteiger partial charge on any atom is -0.456 e. The van der Waals surface area contributed by atoms with Crippen molar-refractivity contribution in [3.05, 3.63) is 88.5 Å². The topological polar surface area (TPSA) is 223 Å². The summed E-state index contributed by atoms with van der Waals surface area (Å²) in [5.41, 5.74) is 2.56. The second-order valence-electron chi connectivity index (χ2n) is 14.7. The minimum atomic E-state index is -1.53. The standard InChI is InChI=1S/C40H48N2O13/c43-15-14-41-36(48)25-5-1-3-23(17-25)20-42-37(49)26-18-29(35-30(19-26)54-40(55-35,27-10-11-27)28-12-13-28)52-38(50)24-8-6-22(7-9-24)4-2-16-51-39-34(47)33(46)32(45)31(21-44)53-39/h1-9,17,19,27-35,39,43-47H,10-16,18,20-21H2,(H,41,48)(H,42,49). The van der Waals surface area contributed by atoms with Crippen LogP contribution in [-0.2, 0) is 35.0 Å². The summed E-state index contributed by atoms with van der Waals surface area (Å²) in [6.07, 6.45) is 0.477. The van der Waals surface area contributed by atoms with Crippen molar-refractivity contribution in [3.8, 4) is 0 Å². The fourth-order valence-electron chi connectivity index (χ4n) is 7.44. The summed E-state index contributed by atoms with van der Waals surface area (Å²) in [4.78, 5) is 39.5. The average Bonchev–Trinajstić information content (AvgIpc) is 4.15. The molecule has 7 N–H and O–H groups in total. The molecule has 2 saturated carbocycles. The molecule has 15 heteroatoms. The number of carbonyl (C=O) groups is 3. The molecule has 0 spiro atoms. The minimum absolute atomic E-state index is 0.0135. The lowest BCUT2D eigenvalue weighted by atomic mass is 9.91. The van der Waals surface area contributed by atoms with Gasteiger partial charge < -0.3 is 59.9 Å². The van der Waals surface area contributed by atoms with Crippen molar-refractivity contribution in [1.29, 1.82) is 0 Å². The predicted molar refractivity (Wildman–Crippen MR) is 193 cm³/mol. The third-order valence-electron chi connectivity index (χ3n) is 10.7. The Hall–Kier alpha value is -4.03. The molecule has 2 amide bonds. The lowest BCUT2D eigenvalue weighted by Crippen LogP contribution is -2.59. The van der Waals surface area contributed by atoms with E-state index in [0.717, 1.165) is 31.2 Å². The Morgan fingerprint density at radius 1 is 0.873 bits per heavy atom. The van der Waals surface area contributed by atoms with Gasteiger partial charge in [-0.2, -0.15) is 0 Å². The van der Waals surface area contributed by atoms with Gasteiger partial charge in [0.1, 0.15) is 42.7 Å². The molecular formula is C40H48N2O13. The zero-order valence-electron chi connectivity index (χ0n) is 30.2. The summed E-state index contributed by atoms with van der Waals surface area (Å²) in [5.74, 6) is -1.48. The van der Waals surface area contributed by atoms with Crippen LogP contribution in [0.3, 0.4) is 0 Å². The SMILES string of the molecule is O=C(NCc1cccc(C(=O)NCCO)c1)C1=CC2OC(C3CC3)(C3CC3)OC2C(OC(=O)c2ccc(C=CCOC3OC(CO)C(O)C(O)C3O)cc2)C1. The number of benzene rings is 2. The van der Waals surface area contributed by atoms with Gasteiger partial charge in [-0.05, 0) is 67.2 Å². The quantitative estimate of drug-likeness (QED) is 0.124. The van der Waals surface area contributed by atoms with E-state index in [1.807, 2.05) is 0 Å². The number of nitrogens with one attached hydrogen (secondary N) is 2. The Morgan fingerprint density at radius 3 is 2.31 bits per heavy atom. The molecule has 4 fully saturated rings. The first-order chi connectivity index (χ1) is 26.6. The Balaban J connectivity index is 0.984. The molecule has 0 bridgehead atoms. The molecule has 5 aliphatic rings. The van der Waals surface area contributed by atoms with Gasteiger partial charge in [-0.25, -0.2) is 4.79 Å². The van der Waals surface area contributed by atoms with Gasteiger partial charge in [0.2, 0.25) is 5.91 Å². The molecule has 0 radical (unpaired) electrons. The molecule has 8 atom stereocenters. The average molecular weight is 765 g/mol. The number of hydrogen-bond donors (Lipinski definition) is 7. The molecule has 7 rings (SSSR count). The maximum absolute atomic E-state index is 13.6. The van der Waals surface area contributed by atoms with E-state index in [2.05, 4.69) is 10.6 Å². The van der Waals surface area contributed by atoms with Crippen molar-refractivity contribution < 1.29 is 63.6 Å². The van der Waals surface area contributed by atoms with Crippen LogP contribution in [0.25, 0.3) is 6.08 Å². The largest absolute Gasteiger partial charge is 0.456 e. The van der Waals surface area contributed by atoms with Crippen LogP contribution >= 0.6 is 0 Å². The highest BCUT2D eigenvalue weighted by molar-refractivity contribution is 5.95. The number of fused-ring (bicyclic) bond motifs is 1. The number of amides is 2. The summed E-state index contributed by atoms with van der Waals surface area (Å²) in [7, 11) is 0. The Kier molecular flexibility index (Phi) is 12.1. The molecule has 3 aliphatic carbocycles. The molecule has 8 unspecified atom stereocenters. The number of carbonyl (C=O) groups excluding carboxylic acids is 3. The van der Waals surface area contributed by atoms with E-state index >= 15 is 0 Å². The van der Waals surface area contributed by atoms with Crippen LogP contribution in [0, 0.1) is 11.8 Å². The molecule has 2 aromatic carbocycles. The van der Waals surface area contributed by atoms with Crippen molar-refractivity contribution in [2.45, 2.75) is 93.5 Å². The van der Waals surface area contributed by atoms with Gasteiger partial charge in [-0.3, -0.25) is 9.59 Å². The van der Waals surface area contributed by atoms with E-state index in [0.29, 0.717) is 22.3 Å². The van der Waals surface area contributed by atoms with E-state index in [-0.39, 0.29) is 56.4 Å². The molecule has 2 heterocycles. The molecule has 15 nitrogen and oxygen atoms in total. The number of ether oxygens (including phenoxy) is 5. The maximum Gasteiger partial charge on any atom is 0.338 e. The molecule has 2 aromatic rings. The van der Waals surface area contributed by atoms with Gasteiger partial charge in [-0.1, -0.05) is 36.4 Å². The van der Waals surface area contributed by atoms with E-state index < -0.39 is 67.4 Å². The summed E-state index contributed by atoms with van der Waals surface area (Å²) in [6.45, 7) is -0.454. The van der Waals surface area contributed by atoms with Crippen molar-refractivity contribution in [2.75, 3.05) is 26.4 Å². The molecule has 296 valence electrons. The number of esters is 1. The van der Waals surface area contributed by atoms with Gasteiger partial charge in [-0.15, -0.1) is 0 Å². The second-order valence-corrected chi connectivity index (χ2v) is 14.7. The highest BCUT2D eigenvalue weighted by atomic mass is 16.8. The maximum atomic E-state index is 13.6. The van der Waals surface area contributed by atoms with Gasteiger partial charge in [0.15, 0.2) is 12.1 Å². The van der Waals surface area contributed by atoms with E-state index in [1.54, 1.807) is 66.8 Å². The zero-order chi connectivity index (χ0) is 38.7. The van der Waals surface area contributed by atoms with Gasteiger partial charge >= 0.3 is 5.97 Å². The van der Waals surface area contributed by atoms with Crippen LogP contribution in [0.15, 0.2) is 66.3 Å². The highest BCUT2D eigenvalue weighted by Crippen LogP contribution is 2.59. The normalized spacial score (nSPS) is 30.0. The van der Waals surface area contributed by atoms with Crippen molar-refractivity contribution in [2.24, 2.45) is 11.8 Å². The smallest absolute Gasteiger partial charge is 0.338 e. The third kappa shape index (κ3) is 8.85.